The van der Waals surface area contributed by atoms with Gasteiger partial charge in [-0.2, -0.15) is 8.78 Å². The van der Waals surface area contributed by atoms with E-state index in [1.165, 1.54) is 23.5 Å². The van der Waals surface area contributed by atoms with Crippen molar-refractivity contribution in [1.29, 1.82) is 0 Å². The summed E-state index contributed by atoms with van der Waals surface area (Å²) in [5, 5.41) is 2.88. The number of carbonyl (C=O) groups is 1. The minimum atomic E-state index is -4.72. The summed E-state index contributed by atoms with van der Waals surface area (Å²) in [6, 6.07) is 9.96. The molecule has 0 unspecified atom stereocenters. The molecule has 0 spiro atoms. The second-order valence-corrected chi connectivity index (χ2v) is 8.84. The molecule has 0 saturated carbocycles. The number of amides is 1. The largest absolute Gasteiger partial charge is 0.341 e. The molecule has 1 heterocycles. The maximum Gasteiger partial charge on any atom is 0.341 e. The van der Waals surface area contributed by atoms with Gasteiger partial charge in [-0.1, -0.05) is 0 Å². The number of sulfone groups is 1. The number of rotatable bonds is 5. The Morgan fingerprint density at radius 2 is 1.68 bits per heavy atom. The van der Waals surface area contributed by atoms with Gasteiger partial charge in [0.05, 0.1) is 10.6 Å². The molecule has 2 aromatic carbocycles. The Labute approximate surface area is 162 Å². The quantitative estimate of drug-likeness (QED) is 0.652. The average molecular weight is 426 g/mol. The summed E-state index contributed by atoms with van der Waals surface area (Å²) in [7, 11) is -4.72. The first-order chi connectivity index (χ1) is 13.2. The Morgan fingerprint density at radius 1 is 1.07 bits per heavy atom. The highest BCUT2D eigenvalue weighted by molar-refractivity contribution is 7.91. The van der Waals surface area contributed by atoms with E-state index >= 15 is 0 Å². The van der Waals surface area contributed by atoms with Gasteiger partial charge in [-0.3, -0.25) is 10.1 Å². The molecular weight excluding hydrogens is 413 g/mol. The molecule has 146 valence electrons. The van der Waals surface area contributed by atoms with Crippen LogP contribution in [-0.2, 0) is 9.84 Å². The first-order valence-electron chi connectivity index (χ1n) is 7.85. The van der Waals surface area contributed by atoms with Crippen LogP contribution in [0.1, 0.15) is 15.2 Å². The highest BCUT2D eigenvalue weighted by atomic mass is 32.2. The molecule has 28 heavy (non-hydrogen) atoms. The summed E-state index contributed by atoms with van der Waals surface area (Å²) in [6.07, 6.45) is 0. The molecule has 0 fully saturated rings. The number of alkyl halides is 2. The molecule has 0 aliphatic carbocycles. The Kier molecular flexibility index (Phi) is 5.52. The first kappa shape index (κ1) is 20.0. The standard InChI is InChI=1S/C18H13F3N2O3S2/c1-10-15(11-2-6-13(19)7-3-11)22-18(27-10)23-16(24)12-4-8-14(9-5-12)28(25,26)17(20)21/h2-9,17H,1H3,(H,22,23,24). The van der Waals surface area contributed by atoms with Crippen LogP contribution in [0.15, 0.2) is 53.4 Å². The Balaban J connectivity index is 1.78. The molecule has 1 N–H and O–H groups in total. The number of nitrogens with one attached hydrogen (secondary N) is 1. The number of aryl methyl sites for hydroxylation is 1. The van der Waals surface area contributed by atoms with Crippen molar-refractivity contribution < 1.29 is 26.4 Å². The summed E-state index contributed by atoms with van der Waals surface area (Å²) >= 11 is 1.22. The van der Waals surface area contributed by atoms with Crippen LogP contribution in [0.25, 0.3) is 11.3 Å². The molecule has 0 aliphatic rings. The zero-order chi connectivity index (χ0) is 20.5. The lowest BCUT2D eigenvalue weighted by molar-refractivity contribution is 0.102. The predicted octanol–water partition coefficient (Wildman–Crippen LogP) is 4.51. The average Bonchev–Trinajstić information content (AvgIpc) is 3.02. The number of carbonyl (C=O) groups excluding carboxylic acids is 1. The number of anilines is 1. The lowest BCUT2D eigenvalue weighted by atomic mass is 10.1. The predicted molar refractivity (Wildman–Crippen MR) is 99.8 cm³/mol. The first-order valence-corrected chi connectivity index (χ1v) is 10.2. The number of nitrogens with zero attached hydrogens (tertiary/aromatic N) is 1. The molecule has 10 heteroatoms. The maximum absolute atomic E-state index is 13.1. The van der Waals surface area contributed by atoms with Crippen molar-refractivity contribution in [3.8, 4) is 11.3 Å². The van der Waals surface area contributed by atoms with E-state index in [0.717, 1.165) is 29.1 Å². The van der Waals surface area contributed by atoms with Crippen molar-refractivity contribution in [1.82, 2.24) is 4.98 Å². The number of hydrogen-bond acceptors (Lipinski definition) is 5. The van der Waals surface area contributed by atoms with Crippen LogP contribution < -0.4 is 5.32 Å². The molecule has 5 nitrogen and oxygen atoms in total. The maximum atomic E-state index is 13.1. The van der Waals surface area contributed by atoms with Crippen molar-refractivity contribution in [2.75, 3.05) is 5.32 Å². The van der Waals surface area contributed by atoms with Gasteiger partial charge < -0.3 is 0 Å². The summed E-state index contributed by atoms with van der Waals surface area (Å²) in [6.45, 7) is 1.80. The van der Waals surface area contributed by atoms with E-state index in [4.69, 9.17) is 0 Å². The highest BCUT2D eigenvalue weighted by Gasteiger charge is 2.26. The Hall–Kier alpha value is -2.72. The third kappa shape index (κ3) is 4.07. The zero-order valence-electron chi connectivity index (χ0n) is 14.3. The van der Waals surface area contributed by atoms with Gasteiger partial charge in [0.25, 0.3) is 5.91 Å². The molecule has 0 saturated heterocycles. The minimum Gasteiger partial charge on any atom is -0.298 e. The number of hydrogen-bond donors (Lipinski definition) is 1. The van der Waals surface area contributed by atoms with Gasteiger partial charge in [0.1, 0.15) is 5.82 Å². The van der Waals surface area contributed by atoms with Crippen molar-refractivity contribution >= 4 is 32.2 Å². The van der Waals surface area contributed by atoms with Crippen LogP contribution >= 0.6 is 11.3 Å². The van der Waals surface area contributed by atoms with Gasteiger partial charge >= 0.3 is 5.76 Å². The fourth-order valence-electron chi connectivity index (χ4n) is 2.39. The zero-order valence-corrected chi connectivity index (χ0v) is 16.0. The second kappa shape index (κ2) is 7.72. The number of halogens is 3. The van der Waals surface area contributed by atoms with E-state index in [2.05, 4.69) is 10.3 Å². The Morgan fingerprint density at radius 3 is 2.25 bits per heavy atom. The van der Waals surface area contributed by atoms with Gasteiger partial charge in [0, 0.05) is 16.0 Å². The van der Waals surface area contributed by atoms with Crippen LogP contribution in [0, 0.1) is 12.7 Å². The number of aromatic nitrogens is 1. The summed E-state index contributed by atoms with van der Waals surface area (Å²) in [5.74, 6) is -4.47. The van der Waals surface area contributed by atoms with Crippen LogP contribution in [0.4, 0.5) is 18.3 Å². The van der Waals surface area contributed by atoms with E-state index in [1.54, 1.807) is 19.1 Å². The van der Waals surface area contributed by atoms with Crippen LogP contribution in [0.5, 0.6) is 0 Å². The van der Waals surface area contributed by atoms with E-state index in [1.807, 2.05) is 0 Å². The van der Waals surface area contributed by atoms with Gasteiger partial charge in [-0.15, -0.1) is 11.3 Å². The van der Waals surface area contributed by atoms with Crippen molar-refractivity contribution in [3.05, 3.63) is 64.8 Å². The minimum absolute atomic E-state index is 0.0874. The molecule has 1 amide bonds. The third-order valence-electron chi connectivity index (χ3n) is 3.81. The number of thiazole rings is 1. The van der Waals surface area contributed by atoms with Gasteiger partial charge in [-0.05, 0) is 55.5 Å². The third-order valence-corrected chi connectivity index (χ3v) is 6.10. The van der Waals surface area contributed by atoms with Crippen LogP contribution in [0.2, 0.25) is 0 Å². The summed E-state index contributed by atoms with van der Waals surface area (Å²) in [4.78, 5) is 16.9. The summed E-state index contributed by atoms with van der Waals surface area (Å²) in [5.41, 5.74) is 1.38. The van der Waals surface area contributed by atoms with Gasteiger partial charge in [-0.25, -0.2) is 17.8 Å². The molecule has 1 aromatic heterocycles. The van der Waals surface area contributed by atoms with E-state index < -0.39 is 26.4 Å². The van der Waals surface area contributed by atoms with Crippen LogP contribution in [-0.4, -0.2) is 25.1 Å². The SMILES string of the molecule is Cc1sc(NC(=O)c2ccc(S(=O)(=O)C(F)F)cc2)nc1-c1ccc(F)cc1. The van der Waals surface area contributed by atoms with E-state index in [0.29, 0.717) is 16.4 Å². The van der Waals surface area contributed by atoms with Gasteiger partial charge in [0.2, 0.25) is 9.84 Å². The fourth-order valence-corrected chi connectivity index (χ4v) is 3.95. The molecular formula is C18H13F3N2O3S2. The molecule has 3 rings (SSSR count). The molecule has 0 atom stereocenters. The second-order valence-electron chi connectivity index (χ2n) is 5.71. The molecule has 0 bridgehead atoms. The normalized spacial score (nSPS) is 11.6. The van der Waals surface area contributed by atoms with Crippen LogP contribution in [0.3, 0.4) is 0 Å². The molecule has 0 aliphatic heterocycles. The lowest BCUT2D eigenvalue weighted by Gasteiger charge is -2.05. The smallest absolute Gasteiger partial charge is 0.298 e. The molecule has 3 aromatic rings. The highest BCUT2D eigenvalue weighted by Crippen LogP contribution is 2.30. The van der Waals surface area contributed by atoms with E-state index in [9.17, 15) is 26.4 Å². The lowest BCUT2D eigenvalue weighted by Crippen LogP contribution is -2.14. The fraction of sp³-hybridized carbons (Fsp3) is 0.111. The molecule has 0 radical (unpaired) electrons. The van der Waals surface area contributed by atoms with Crippen molar-refractivity contribution in [3.63, 3.8) is 0 Å². The Bertz CT molecular complexity index is 1110. The monoisotopic (exact) mass is 426 g/mol. The van der Waals surface area contributed by atoms with Crippen molar-refractivity contribution in [2.45, 2.75) is 17.6 Å². The summed E-state index contributed by atoms with van der Waals surface area (Å²) < 4.78 is 61.0. The number of benzene rings is 2. The van der Waals surface area contributed by atoms with Crippen molar-refractivity contribution in [2.24, 2.45) is 0 Å². The van der Waals surface area contributed by atoms with Gasteiger partial charge in [0.15, 0.2) is 5.13 Å². The van der Waals surface area contributed by atoms with E-state index in [-0.39, 0.29) is 11.4 Å². The topological polar surface area (TPSA) is 76.1 Å².